The van der Waals surface area contributed by atoms with E-state index in [1.807, 2.05) is 24.3 Å². The van der Waals surface area contributed by atoms with Crippen molar-refractivity contribution in [2.75, 3.05) is 33.3 Å². The van der Waals surface area contributed by atoms with E-state index in [0.29, 0.717) is 21.4 Å². The number of rotatable bonds is 11. The van der Waals surface area contributed by atoms with Crippen molar-refractivity contribution in [2.24, 2.45) is 0 Å². The number of aliphatic hydroxyl groups excluding tert-OH is 2. The molecule has 2 N–H and O–H groups in total. The summed E-state index contributed by atoms with van der Waals surface area (Å²) in [6.45, 7) is 7.22. The molecule has 0 aromatic heterocycles. The van der Waals surface area contributed by atoms with Gasteiger partial charge in [-0.2, -0.15) is 0 Å². The van der Waals surface area contributed by atoms with Gasteiger partial charge in [0, 0.05) is 49.2 Å². The lowest BCUT2D eigenvalue weighted by atomic mass is 9.94. The number of aliphatic hydroxyl groups is 2. The van der Waals surface area contributed by atoms with Gasteiger partial charge in [-0.25, -0.2) is 0 Å². The van der Waals surface area contributed by atoms with E-state index in [4.69, 9.17) is 27.9 Å². The van der Waals surface area contributed by atoms with Gasteiger partial charge in [-0.1, -0.05) is 104 Å². The zero-order valence-electron chi connectivity index (χ0n) is 25.7. The SMILES string of the molecule is CCCC[C@@H]([C@@H](O)c1ccc2c(Cl)c(OC)ccc2c1)N1CCN(Cc2ccccc2)CC1.O=C(Br)[C@H](O)c1ccc(Cl)cc1. The Morgan fingerprint density at radius 2 is 1.58 bits per heavy atom. The van der Waals surface area contributed by atoms with Crippen molar-refractivity contribution in [3.05, 3.63) is 112 Å². The first kappa shape index (κ1) is 35.4. The normalized spacial score (nSPS) is 16.0. The van der Waals surface area contributed by atoms with Crippen LogP contribution in [0.2, 0.25) is 10.0 Å². The molecule has 0 spiro atoms. The fraction of sp³-hybridized carbons (Fsp3) is 0.361. The Balaban J connectivity index is 0.000000323. The Hall–Kier alpha value is -2.49. The number of piperazine rings is 1. The molecule has 0 saturated carbocycles. The third kappa shape index (κ3) is 9.75. The maximum atomic E-state index is 11.5. The van der Waals surface area contributed by atoms with Crippen molar-refractivity contribution in [1.82, 2.24) is 9.80 Å². The summed E-state index contributed by atoms with van der Waals surface area (Å²) in [6.07, 6.45) is 1.61. The van der Waals surface area contributed by atoms with Gasteiger partial charge < -0.3 is 14.9 Å². The summed E-state index contributed by atoms with van der Waals surface area (Å²) in [5.74, 6) is 0.673. The largest absolute Gasteiger partial charge is 0.495 e. The number of nitrogens with zero attached hydrogens (tertiary/aromatic N) is 2. The molecule has 0 bridgehead atoms. The molecule has 240 valence electrons. The Labute approximate surface area is 284 Å². The Morgan fingerprint density at radius 1 is 0.911 bits per heavy atom. The van der Waals surface area contributed by atoms with E-state index in [9.17, 15) is 15.0 Å². The number of carbonyl (C=O) groups excluding carboxylic acids is 1. The molecule has 3 atom stereocenters. The number of ether oxygens (including phenoxy) is 1. The van der Waals surface area contributed by atoms with E-state index in [0.717, 1.165) is 68.3 Å². The summed E-state index contributed by atoms with van der Waals surface area (Å²) in [5.41, 5.74) is 2.85. The second-order valence-corrected chi connectivity index (χ2v) is 12.9. The van der Waals surface area contributed by atoms with Gasteiger partial charge in [0.15, 0.2) is 0 Å². The van der Waals surface area contributed by atoms with Gasteiger partial charge in [-0.3, -0.25) is 14.6 Å². The lowest BCUT2D eigenvalue weighted by Gasteiger charge is -2.41. The maximum Gasteiger partial charge on any atom is 0.230 e. The van der Waals surface area contributed by atoms with Gasteiger partial charge in [0.1, 0.15) is 11.9 Å². The van der Waals surface area contributed by atoms with Crippen molar-refractivity contribution in [2.45, 2.75) is 51.0 Å². The van der Waals surface area contributed by atoms with Gasteiger partial charge in [-0.05, 0) is 68.7 Å². The van der Waals surface area contributed by atoms with Crippen LogP contribution in [0.5, 0.6) is 5.75 Å². The first-order chi connectivity index (χ1) is 21.7. The third-order valence-corrected chi connectivity index (χ3v) is 9.32. The zero-order chi connectivity index (χ0) is 32.3. The first-order valence-electron chi connectivity index (χ1n) is 15.3. The van der Waals surface area contributed by atoms with E-state index in [1.165, 1.54) is 5.56 Å². The van der Waals surface area contributed by atoms with Crippen molar-refractivity contribution < 1.29 is 19.7 Å². The lowest BCUT2D eigenvalue weighted by molar-refractivity contribution is -0.117. The van der Waals surface area contributed by atoms with E-state index in [2.05, 4.69) is 69.1 Å². The third-order valence-electron chi connectivity index (χ3n) is 8.25. The maximum absolute atomic E-state index is 11.5. The molecule has 6 nitrogen and oxygen atoms in total. The average molecular weight is 717 g/mol. The van der Waals surface area contributed by atoms with E-state index in [1.54, 1.807) is 31.4 Å². The van der Waals surface area contributed by atoms with Crippen LogP contribution in [0.15, 0.2) is 84.9 Å². The molecule has 5 rings (SSSR count). The smallest absolute Gasteiger partial charge is 0.230 e. The minimum Gasteiger partial charge on any atom is -0.495 e. The Kier molecular flexibility index (Phi) is 13.7. The van der Waals surface area contributed by atoms with Gasteiger partial charge in [-0.15, -0.1) is 0 Å². The average Bonchev–Trinajstić information content (AvgIpc) is 3.06. The van der Waals surface area contributed by atoms with Crippen LogP contribution in [0.1, 0.15) is 55.1 Å². The number of hydrogen-bond acceptors (Lipinski definition) is 6. The number of fused-ring (bicyclic) bond motifs is 1. The highest BCUT2D eigenvalue weighted by Crippen LogP contribution is 2.35. The number of methoxy groups -OCH3 is 1. The van der Waals surface area contributed by atoms with E-state index in [-0.39, 0.29) is 6.04 Å². The summed E-state index contributed by atoms with van der Waals surface area (Å²) in [4.78, 5) is 15.7. The van der Waals surface area contributed by atoms with E-state index >= 15 is 0 Å². The molecule has 0 amide bonds. The predicted molar refractivity (Wildman–Crippen MR) is 187 cm³/mol. The van der Waals surface area contributed by atoms with Crippen LogP contribution in [0.3, 0.4) is 0 Å². The molecule has 0 unspecified atom stereocenters. The fourth-order valence-electron chi connectivity index (χ4n) is 5.68. The van der Waals surface area contributed by atoms with E-state index < -0.39 is 16.9 Å². The van der Waals surface area contributed by atoms with Gasteiger partial charge >= 0.3 is 0 Å². The number of unbranched alkanes of at least 4 members (excludes halogenated alkanes) is 1. The minimum absolute atomic E-state index is 0.120. The molecule has 1 aliphatic heterocycles. The summed E-state index contributed by atoms with van der Waals surface area (Å²) >= 11 is 14.8. The molecule has 4 aromatic rings. The topological polar surface area (TPSA) is 73.2 Å². The minimum atomic E-state index is -1.11. The van der Waals surface area contributed by atoms with Crippen LogP contribution < -0.4 is 4.74 Å². The fourth-order valence-corrected chi connectivity index (χ4v) is 6.38. The highest BCUT2D eigenvalue weighted by molar-refractivity contribution is 9.18. The van der Waals surface area contributed by atoms with Crippen LogP contribution >= 0.6 is 39.1 Å². The van der Waals surface area contributed by atoms with Crippen molar-refractivity contribution >= 4 is 54.6 Å². The summed E-state index contributed by atoms with van der Waals surface area (Å²) in [5, 5.41) is 23.9. The molecule has 45 heavy (non-hydrogen) atoms. The van der Waals surface area contributed by atoms with Crippen LogP contribution in [-0.4, -0.2) is 64.0 Å². The second kappa shape index (κ2) is 17.4. The first-order valence-corrected chi connectivity index (χ1v) is 16.8. The Morgan fingerprint density at radius 3 is 2.20 bits per heavy atom. The van der Waals surface area contributed by atoms with Gasteiger partial charge in [0.25, 0.3) is 0 Å². The standard InChI is InChI=1S/C28H35ClN2O2.C8H6BrClO2/c1-3-4-10-25(31-17-15-30(16-18-31)20-21-8-6-5-7-9-21)28(32)23-11-13-24-22(19-23)12-14-26(33-2)27(24)29;9-8(12)7(11)5-1-3-6(10)4-2-5/h5-9,11-14,19,25,28,32H,3-4,10,15-18,20H2,1-2H3;1-4,7,11H/t25-,28-;7-/m01/s1. The lowest BCUT2D eigenvalue weighted by Crippen LogP contribution is -2.51. The molecule has 0 aliphatic carbocycles. The van der Waals surface area contributed by atoms with Gasteiger partial charge in [0.05, 0.1) is 18.2 Å². The molecule has 1 heterocycles. The van der Waals surface area contributed by atoms with Crippen LogP contribution in [-0.2, 0) is 11.3 Å². The molecular weight excluding hydrogens is 675 g/mol. The van der Waals surface area contributed by atoms with Crippen LogP contribution in [0.4, 0.5) is 0 Å². The molecule has 1 saturated heterocycles. The molecule has 9 heteroatoms. The number of benzene rings is 4. The molecule has 1 fully saturated rings. The predicted octanol–water partition coefficient (Wildman–Crippen LogP) is 8.21. The molecular formula is C36H41BrCl2N2O4. The summed E-state index contributed by atoms with van der Waals surface area (Å²) < 4.78 is 4.89. The zero-order valence-corrected chi connectivity index (χ0v) is 28.8. The molecule has 0 radical (unpaired) electrons. The Bertz CT molecular complexity index is 1520. The highest BCUT2D eigenvalue weighted by atomic mass is 79.9. The van der Waals surface area contributed by atoms with Crippen molar-refractivity contribution in [3.8, 4) is 5.75 Å². The number of halogens is 3. The number of carbonyl (C=O) groups is 1. The van der Waals surface area contributed by atoms with Gasteiger partial charge in [0.2, 0.25) is 4.69 Å². The van der Waals surface area contributed by atoms with Crippen LogP contribution in [0.25, 0.3) is 10.8 Å². The van der Waals surface area contributed by atoms with Crippen molar-refractivity contribution in [1.29, 1.82) is 0 Å². The summed E-state index contributed by atoms with van der Waals surface area (Å²) in [7, 11) is 1.63. The van der Waals surface area contributed by atoms with Crippen molar-refractivity contribution in [3.63, 3.8) is 0 Å². The monoisotopic (exact) mass is 714 g/mol. The number of hydrogen-bond donors (Lipinski definition) is 2. The summed E-state index contributed by atoms with van der Waals surface area (Å²) in [6, 6.07) is 27.3. The highest BCUT2D eigenvalue weighted by Gasteiger charge is 2.30. The van der Waals surface area contributed by atoms with Crippen LogP contribution in [0, 0.1) is 0 Å². The quantitative estimate of drug-likeness (QED) is 0.153. The second-order valence-electron chi connectivity index (χ2n) is 11.3. The molecule has 4 aromatic carbocycles. The molecule has 1 aliphatic rings.